The third-order valence-electron chi connectivity index (χ3n) is 2.82. The Balaban J connectivity index is 2.02. The topological polar surface area (TPSA) is 49.3 Å². The Labute approximate surface area is 127 Å². The van der Waals surface area contributed by atoms with Crippen LogP contribution in [0.5, 0.6) is 5.75 Å². The van der Waals surface area contributed by atoms with E-state index in [-0.39, 0.29) is 17.2 Å². The lowest BCUT2D eigenvalue weighted by Crippen LogP contribution is -2.23. The molecule has 0 bridgehead atoms. The number of phenols is 1. The Morgan fingerprint density at radius 1 is 1.10 bits per heavy atom. The Kier molecular flexibility index (Phi) is 4.88. The van der Waals surface area contributed by atoms with Gasteiger partial charge in [0.1, 0.15) is 5.75 Å². The van der Waals surface area contributed by atoms with Crippen LogP contribution in [-0.2, 0) is 12.4 Å². The molecular formula is C15H13Cl2NO2. The van der Waals surface area contributed by atoms with Crippen LogP contribution in [0.25, 0.3) is 0 Å². The maximum Gasteiger partial charge on any atom is 0.253 e. The highest BCUT2D eigenvalue weighted by molar-refractivity contribution is 6.33. The normalized spacial score (nSPS) is 10.3. The van der Waals surface area contributed by atoms with Gasteiger partial charge in [-0.05, 0) is 29.3 Å². The summed E-state index contributed by atoms with van der Waals surface area (Å²) >= 11 is 11.6. The molecule has 0 spiro atoms. The molecule has 0 saturated heterocycles. The first kappa shape index (κ1) is 14.7. The first-order valence-electron chi connectivity index (χ1n) is 6.00. The molecular weight excluding hydrogens is 297 g/mol. The van der Waals surface area contributed by atoms with Crippen molar-refractivity contribution in [2.24, 2.45) is 0 Å². The van der Waals surface area contributed by atoms with Crippen LogP contribution in [0.2, 0.25) is 5.02 Å². The molecule has 0 atom stereocenters. The summed E-state index contributed by atoms with van der Waals surface area (Å²) in [7, 11) is 0. The molecule has 0 aliphatic heterocycles. The van der Waals surface area contributed by atoms with E-state index >= 15 is 0 Å². The van der Waals surface area contributed by atoms with Gasteiger partial charge < -0.3 is 10.4 Å². The van der Waals surface area contributed by atoms with Gasteiger partial charge in [0.2, 0.25) is 0 Å². The molecule has 1 amide bonds. The zero-order valence-electron chi connectivity index (χ0n) is 10.6. The lowest BCUT2D eigenvalue weighted by Gasteiger charge is -2.08. The molecule has 0 aromatic heterocycles. The van der Waals surface area contributed by atoms with E-state index < -0.39 is 0 Å². The molecule has 2 rings (SSSR count). The van der Waals surface area contributed by atoms with Crippen LogP contribution in [0.4, 0.5) is 0 Å². The summed E-state index contributed by atoms with van der Waals surface area (Å²) in [5.74, 6) is 0.143. The predicted molar refractivity (Wildman–Crippen MR) is 80.3 cm³/mol. The van der Waals surface area contributed by atoms with Crippen molar-refractivity contribution in [1.82, 2.24) is 5.32 Å². The van der Waals surface area contributed by atoms with E-state index in [9.17, 15) is 9.90 Å². The number of rotatable bonds is 4. The number of alkyl halides is 1. The number of aromatic hydroxyl groups is 1. The molecule has 2 N–H and O–H groups in total. The van der Waals surface area contributed by atoms with Gasteiger partial charge in [0, 0.05) is 12.4 Å². The molecule has 0 saturated carbocycles. The number of hydrogen-bond donors (Lipinski definition) is 2. The van der Waals surface area contributed by atoms with Crippen molar-refractivity contribution < 1.29 is 9.90 Å². The van der Waals surface area contributed by atoms with Crippen molar-refractivity contribution >= 4 is 29.1 Å². The Morgan fingerprint density at radius 3 is 2.40 bits per heavy atom. The molecule has 2 aromatic rings. The van der Waals surface area contributed by atoms with Crippen molar-refractivity contribution in [2.75, 3.05) is 0 Å². The van der Waals surface area contributed by atoms with Crippen molar-refractivity contribution in [1.29, 1.82) is 0 Å². The van der Waals surface area contributed by atoms with E-state index in [0.29, 0.717) is 17.4 Å². The SMILES string of the molecule is O=C(NCc1ccc(CCl)cc1)c1cc(O)ccc1Cl. The second-order valence-electron chi connectivity index (χ2n) is 4.30. The van der Waals surface area contributed by atoms with Crippen molar-refractivity contribution in [3.63, 3.8) is 0 Å². The molecule has 104 valence electrons. The molecule has 0 aliphatic carbocycles. The lowest BCUT2D eigenvalue weighted by molar-refractivity contribution is 0.0950. The van der Waals surface area contributed by atoms with Crippen LogP contribution in [0, 0.1) is 0 Å². The van der Waals surface area contributed by atoms with E-state index in [1.54, 1.807) is 0 Å². The Bertz CT molecular complexity index is 612. The van der Waals surface area contributed by atoms with E-state index in [1.165, 1.54) is 18.2 Å². The number of nitrogens with one attached hydrogen (secondary N) is 1. The third-order valence-corrected chi connectivity index (χ3v) is 3.46. The molecule has 0 unspecified atom stereocenters. The number of carbonyl (C=O) groups is 1. The largest absolute Gasteiger partial charge is 0.508 e. The highest BCUT2D eigenvalue weighted by Crippen LogP contribution is 2.21. The summed E-state index contributed by atoms with van der Waals surface area (Å²) in [5, 5.41) is 12.4. The highest BCUT2D eigenvalue weighted by atomic mass is 35.5. The molecule has 5 heteroatoms. The van der Waals surface area contributed by atoms with Gasteiger partial charge in [-0.15, -0.1) is 11.6 Å². The van der Waals surface area contributed by atoms with Crippen molar-refractivity contribution in [2.45, 2.75) is 12.4 Å². The fourth-order valence-electron chi connectivity index (χ4n) is 1.71. The second kappa shape index (κ2) is 6.64. The van der Waals surface area contributed by atoms with Gasteiger partial charge in [0.05, 0.1) is 10.6 Å². The van der Waals surface area contributed by atoms with Gasteiger partial charge in [-0.25, -0.2) is 0 Å². The first-order chi connectivity index (χ1) is 9.60. The second-order valence-corrected chi connectivity index (χ2v) is 4.97. The van der Waals surface area contributed by atoms with Crippen LogP contribution in [-0.4, -0.2) is 11.0 Å². The van der Waals surface area contributed by atoms with Crippen molar-refractivity contribution in [3.8, 4) is 5.75 Å². The first-order valence-corrected chi connectivity index (χ1v) is 6.92. The maximum atomic E-state index is 12.0. The van der Waals surface area contributed by atoms with Gasteiger partial charge >= 0.3 is 0 Å². The van der Waals surface area contributed by atoms with Crippen LogP contribution in [0.1, 0.15) is 21.5 Å². The Hall–Kier alpha value is -1.71. The molecule has 3 nitrogen and oxygen atoms in total. The summed E-state index contributed by atoms with van der Waals surface area (Å²) in [4.78, 5) is 12.0. The minimum absolute atomic E-state index is 0.00557. The van der Waals surface area contributed by atoms with Crippen LogP contribution >= 0.6 is 23.2 Å². The predicted octanol–water partition coefficient (Wildman–Crippen LogP) is 3.71. The minimum Gasteiger partial charge on any atom is -0.508 e. The van der Waals surface area contributed by atoms with Crippen molar-refractivity contribution in [3.05, 3.63) is 64.2 Å². The summed E-state index contributed by atoms with van der Waals surface area (Å²) < 4.78 is 0. The van der Waals surface area contributed by atoms with Crippen LogP contribution in [0.3, 0.4) is 0 Å². The molecule has 0 fully saturated rings. The summed E-state index contributed by atoms with van der Waals surface area (Å²) in [5.41, 5.74) is 2.24. The quantitative estimate of drug-likeness (QED) is 0.846. The molecule has 2 aromatic carbocycles. The number of amides is 1. The van der Waals surface area contributed by atoms with Gasteiger partial charge in [-0.2, -0.15) is 0 Å². The average Bonchev–Trinajstić information content (AvgIpc) is 2.47. The number of benzene rings is 2. The standard InChI is InChI=1S/C15H13Cl2NO2/c16-8-10-1-3-11(4-2-10)9-18-15(20)13-7-12(19)5-6-14(13)17/h1-7,19H,8-9H2,(H,18,20). The fraction of sp³-hybridized carbons (Fsp3) is 0.133. The molecule has 0 aliphatic rings. The van der Waals surface area contributed by atoms with Gasteiger partial charge in [-0.3, -0.25) is 4.79 Å². The molecule has 0 heterocycles. The van der Waals surface area contributed by atoms with Crippen LogP contribution < -0.4 is 5.32 Å². The Morgan fingerprint density at radius 2 is 1.75 bits per heavy atom. The average molecular weight is 310 g/mol. The van der Waals surface area contributed by atoms with Gasteiger partial charge in [0.15, 0.2) is 0 Å². The summed E-state index contributed by atoms with van der Waals surface area (Å²) in [6, 6.07) is 11.9. The zero-order valence-corrected chi connectivity index (χ0v) is 12.1. The smallest absolute Gasteiger partial charge is 0.253 e. The minimum atomic E-state index is -0.327. The third kappa shape index (κ3) is 3.65. The number of hydrogen-bond acceptors (Lipinski definition) is 2. The summed E-state index contributed by atoms with van der Waals surface area (Å²) in [6.45, 7) is 0.382. The number of halogens is 2. The van der Waals surface area contributed by atoms with Gasteiger partial charge in [-0.1, -0.05) is 35.9 Å². The van der Waals surface area contributed by atoms with E-state index in [4.69, 9.17) is 23.2 Å². The van der Waals surface area contributed by atoms with Crippen LogP contribution in [0.15, 0.2) is 42.5 Å². The number of phenolic OH excluding ortho intramolecular Hbond substituents is 1. The number of carbonyl (C=O) groups excluding carboxylic acids is 1. The fourth-order valence-corrected chi connectivity index (χ4v) is 2.09. The molecule has 0 radical (unpaired) electrons. The monoisotopic (exact) mass is 309 g/mol. The van der Waals surface area contributed by atoms with E-state index in [0.717, 1.165) is 11.1 Å². The zero-order chi connectivity index (χ0) is 14.5. The van der Waals surface area contributed by atoms with E-state index in [2.05, 4.69) is 5.32 Å². The maximum absolute atomic E-state index is 12.0. The van der Waals surface area contributed by atoms with E-state index in [1.807, 2.05) is 24.3 Å². The van der Waals surface area contributed by atoms with Gasteiger partial charge in [0.25, 0.3) is 5.91 Å². The summed E-state index contributed by atoms with van der Waals surface area (Å²) in [6.07, 6.45) is 0. The highest BCUT2D eigenvalue weighted by Gasteiger charge is 2.10. The lowest BCUT2D eigenvalue weighted by atomic mass is 10.1. The molecule has 20 heavy (non-hydrogen) atoms.